The number of aliphatic carboxylic acids is 1. The van der Waals surface area contributed by atoms with E-state index in [2.05, 4.69) is 0 Å². The third-order valence-corrected chi connectivity index (χ3v) is 6.52. The van der Waals surface area contributed by atoms with Gasteiger partial charge in [-0.15, -0.1) is 0 Å². The zero-order valence-electron chi connectivity index (χ0n) is 18.1. The second-order valence-corrected chi connectivity index (χ2v) is 8.52. The molecule has 1 aromatic heterocycles. The van der Waals surface area contributed by atoms with Crippen LogP contribution in [0.1, 0.15) is 29.0 Å². The highest BCUT2D eigenvalue weighted by Gasteiger charge is 2.57. The van der Waals surface area contributed by atoms with Crippen molar-refractivity contribution in [2.75, 3.05) is 20.7 Å². The molecule has 32 heavy (non-hydrogen) atoms. The molecule has 4 rings (SSSR count). The van der Waals surface area contributed by atoms with Gasteiger partial charge < -0.3 is 24.6 Å². The number of amides is 2. The maximum absolute atomic E-state index is 13.5. The molecule has 9 heteroatoms. The standard InChI is InChI=1S/C23H25N3O6/c1-12(28)26-18-10-25-17(20(26)19(23(31)32)16(18)11-27)8-7-15(22(25)30)13-5-4-6-14(9-13)21(29)24(2)3/h4-9,16,18-20,27H,10-11H2,1-3H3,(H,31,32)/t16-,18-,19+,20+/m1/s1. The van der Waals surface area contributed by atoms with Crippen LogP contribution >= 0.6 is 0 Å². The van der Waals surface area contributed by atoms with Gasteiger partial charge in [-0.05, 0) is 29.8 Å². The Morgan fingerprint density at radius 1 is 1.16 bits per heavy atom. The first kappa shape index (κ1) is 21.8. The summed E-state index contributed by atoms with van der Waals surface area (Å²) < 4.78 is 1.51. The first-order valence-corrected chi connectivity index (χ1v) is 10.4. The van der Waals surface area contributed by atoms with Gasteiger partial charge in [0.25, 0.3) is 11.5 Å². The summed E-state index contributed by atoms with van der Waals surface area (Å²) in [5.41, 5.74) is 1.52. The molecule has 1 aromatic carbocycles. The van der Waals surface area contributed by atoms with Gasteiger partial charge in [-0.3, -0.25) is 19.2 Å². The number of carboxylic acids is 1. The monoisotopic (exact) mass is 439 g/mol. The van der Waals surface area contributed by atoms with E-state index in [1.54, 1.807) is 50.5 Å². The van der Waals surface area contributed by atoms with Crippen LogP contribution in [0.15, 0.2) is 41.2 Å². The fraction of sp³-hybridized carbons (Fsp3) is 0.391. The number of rotatable bonds is 4. The van der Waals surface area contributed by atoms with Crippen molar-refractivity contribution in [1.29, 1.82) is 0 Å². The molecular formula is C23H25N3O6. The van der Waals surface area contributed by atoms with Crippen LogP contribution in [0, 0.1) is 11.8 Å². The molecule has 168 valence electrons. The van der Waals surface area contributed by atoms with Crippen molar-refractivity contribution in [1.82, 2.24) is 14.4 Å². The van der Waals surface area contributed by atoms with E-state index in [1.165, 1.54) is 21.3 Å². The van der Waals surface area contributed by atoms with E-state index in [0.717, 1.165) is 0 Å². The van der Waals surface area contributed by atoms with Crippen molar-refractivity contribution >= 4 is 17.8 Å². The Morgan fingerprint density at radius 3 is 2.47 bits per heavy atom. The third kappa shape index (κ3) is 3.20. The van der Waals surface area contributed by atoms with Gasteiger partial charge in [-0.1, -0.05) is 12.1 Å². The molecule has 2 aliphatic heterocycles. The van der Waals surface area contributed by atoms with Gasteiger partial charge in [0.1, 0.15) is 0 Å². The number of aliphatic hydroxyl groups excluding tert-OH is 1. The van der Waals surface area contributed by atoms with Crippen LogP contribution in [-0.2, 0) is 16.1 Å². The van der Waals surface area contributed by atoms with Gasteiger partial charge in [0.15, 0.2) is 0 Å². The number of carboxylic acid groups (broad SMARTS) is 1. The number of aromatic nitrogens is 1. The lowest BCUT2D eigenvalue weighted by molar-refractivity contribution is -0.145. The average Bonchev–Trinajstić information content (AvgIpc) is 3.01. The molecule has 0 radical (unpaired) electrons. The highest BCUT2D eigenvalue weighted by atomic mass is 16.4. The molecule has 0 spiro atoms. The zero-order chi connectivity index (χ0) is 23.3. The number of carbonyl (C=O) groups is 3. The summed E-state index contributed by atoms with van der Waals surface area (Å²) >= 11 is 0. The van der Waals surface area contributed by atoms with Gasteiger partial charge in [0.05, 0.1) is 18.0 Å². The van der Waals surface area contributed by atoms with Crippen LogP contribution in [-0.4, -0.2) is 69.1 Å². The number of pyridine rings is 1. The minimum Gasteiger partial charge on any atom is -0.481 e. The normalized spacial score (nSPS) is 23.6. The van der Waals surface area contributed by atoms with Crippen LogP contribution in [0.2, 0.25) is 0 Å². The summed E-state index contributed by atoms with van der Waals surface area (Å²) in [5.74, 6) is -3.27. The lowest BCUT2D eigenvalue weighted by atomic mass is 9.87. The minimum absolute atomic E-state index is 0.101. The van der Waals surface area contributed by atoms with Crippen molar-refractivity contribution in [2.24, 2.45) is 11.8 Å². The van der Waals surface area contributed by atoms with Gasteiger partial charge >= 0.3 is 5.97 Å². The summed E-state index contributed by atoms with van der Waals surface area (Å²) in [7, 11) is 3.30. The number of fused-ring (bicyclic) bond motifs is 4. The van der Waals surface area contributed by atoms with E-state index in [9.17, 15) is 29.4 Å². The van der Waals surface area contributed by atoms with Crippen molar-refractivity contribution < 1.29 is 24.6 Å². The molecule has 2 aromatic rings. The Morgan fingerprint density at radius 2 is 1.88 bits per heavy atom. The largest absolute Gasteiger partial charge is 0.481 e. The Kier molecular flexibility index (Phi) is 5.37. The average molecular weight is 439 g/mol. The maximum atomic E-state index is 13.5. The van der Waals surface area contributed by atoms with E-state index in [1.807, 2.05) is 0 Å². The van der Waals surface area contributed by atoms with E-state index in [-0.39, 0.29) is 23.9 Å². The molecule has 9 nitrogen and oxygen atoms in total. The topological polar surface area (TPSA) is 120 Å². The van der Waals surface area contributed by atoms with E-state index >= 15 is 0 Å². The molecule has 2 bridgehead atoms. The zero-order valence-corrected chi connectivity index (χ0v) is 18.1. The number of hydrogen-bond acceptors (Lipinski definition) is 5. The fourth-order valence-corrected chi connectivity index (χ4v) is 5.12. The maximum Gasteiger partial charge on any atom is 0.309 e. The number of benzene rings is 1. The van der Waals surface area contributed by atoms with E-state index in [4.69, 9.17) is 0 Å². The van der Waals surface area contributed by atoms with Crippen molar-refractivity contribution in [2.45, 2.75) is 25.6 Å². The summed E-state index contributed by atoms with van der Waals surface area (Å²) in [6.45, 7) is 1.07. The van der Waals surface area contributed by atoms with Crippen molar-refractivity contribution in [3.05, 3.63) is 58.0 Å². The predicted octanol–water partition coefficient (Wildman–Crippen LogP) is 0.812. The van der Waals surface area contributed by atoms with Crippen LogP contribution < -0.4 is 5.56 Å². The van der Waals surface area contributed by atoms with Crippen molar-refractivity contribution in [3.8, 4) is 11.1 Å². The first-order valence-electron chi connectivity index (χ1n) is 10.4. The van der Waals surface area contributed by atoms with Crippen LogP contribution in [0.3, 0.4) is 0 Å². The number of nitrogens with zero attached hydrogens (tertiary/aromatic N) is 3. The van der Waals surface area contributed by atoms with Crippen LogP contribution in [0.25, 0.3) is 11.1 Å². The molecule has 1 saturated heterocycles. The summed E-state index contributed by atoms with van der Waals surface area (Å²) in [4.78, 5) is 53.1. The Bertz CT molecular complexity index is 1170. The first-order chi connectivity index (χ1) is 15.2. The highest BCUT2D eigenvalue weighted by molar-refractivity contribution is 5.95. The van der Waals surface area contributed by atoms with Crippen LogP contribution in [0.4, 0.5) is 0 Å². The van der Waals surface area contributed by atoms with Gasteiger partial charge in [-0.2, -0.15) is 0 Å². The van der Waals surface area contributed by atoms with Gasteiger partial charge in [0.2, 0.25) is 5.91 Å². The second kappa shape index (κ2) is 7.90. The number of aliphatic hydroxyl groups is 1. The molecule has 2 amide bonds. The molecule has 1 fully saturated rings. The molecule has 2 aliphatic rings. The SMILES string of the molecule is CC(=O)N1[C@@H]2Cn3c(ccc(-c4cccc(C(=O)N(C)C)c4)c3=O)[C@H]1[C@@H](C(=O)O)[C@@H]2CO. The second-order valence-electron chi connectivity index (χ2n) is 8.52. The number of hydrogen-bond donors (Lipinski definition) is 2. The van der Waals surface area contributed by atoms with Gasteiger partial charge in [0, 0.05) is 56.9 Å². The van der Waals surface area contributed by atoms with E-state index in [0.29, 0.717) is 22.4 Å². The smallest absolute Gasteiger partial charge is 0.309 e. The van der Waals surface area contributed by atoms with E-state index < -0.39 is 36.5 Å². The molecule has 0 saturated carbocycles. The molecule has 0 aliphatic carbocycles. The lowest BCUT2D eigenvalue weighted by Gasteiger charge is -2.37. The predicted molar refractivity (Wildman–Crippen MR) is 115 cm³/mol. The molecule has 0 unspecified atom stereocenters. The van der Waals surface area contributed by atoms with Crippen molar-refractivity contribution in [3.63, 3.8) is 0 Å². The Hall–Kier alpha value is -3.46. The Balaban J connectivity index is 1.85. The quantitative estimate of drug-likeness (QED) is 0.728. The molecular weight excluding hydrogens is 414 g/mol. The summed E-state index contributed by atoms with van der Waals surface area (Å²) in [6, 6.07) is 8.64. The third-order valence-electron chi connectivity index (χ3n) is 6.52. The molecule has 2 N–H and O–H groups in total. The van der Waals surface area contributed by atoms with Gasteiger partial charge in [-0.25, -0.2) is 0 Å². The summed E-state index contributed by atoms with van der Waals surface area (Å²) in [5, 5.41) is 19.8. The highest BCUT2D eigenvalue weighted by Crippen LogP contribution is 2.48. The number of carbonyl (C=O) groups excluding carboxylic acids is 2. The lowest BCUT2D eigenvalue weighted by Crippen LogP contribution is -2.48. The molecule has 4 atom stereocenters. The van der Waals surface area contributed by atoms with Crippen LogP contribution in [0.5, 0.6) is 0 Å². The minimum atomic E-state index is -1.11. The summed E-state index contributed by atoms with van der Waals surface area (Å²) in [6.07, 6.45) is 0. The molecule has 3 heterocycles. The Labute approximate surface area is 184 Å². The fourth-order valence-electron chi connectivity index (χ4n) is 5.12.